The molecule has 7 N–H and O–H groups in total. The van der Waals surface area contributed by atoms with Crippen molar-refractivity contribution < 1.29 is 67.7 Å². The van der Waals surface area contributed by atoms with Crippen LogP contribution >= 0.6 is 7.82 Å². The van der Waals surface area contributed by atoms with Crippen molar-refractivity contribution in [2.24, 2.45) is 5.92 Å². The van der Waals surface area contributed by atoms with Crippen molar-refractivity contribution in [1.82, 2.24) is 30.2 Å². The first-order valence-corrected chi connectivity index (χ1v) is 22.7. The molecular weight excluding hydrogens is 855 g/mol. The fraction of sp³-hybridized carbons (Fsp3) is 0.581. The number of phosphoric acid groups is 1. The second-order valence-electron chi connectivity index (χ2n) is 16.6. The summed E-state index contributed by atoms with van der Waals surface area (Å²) in [7, 11) is -4.68. The number of carbonyl (C=O) groups is 6. The van der Waals surface area contributed by atoms with E-state index in [1.807, 2.05) is 33.8 Å². The molecule has 3 rings (SSSR count). The third-order valence-corrected chi connectivity index (χ3v) is 11.9. The van der Waals surface area contributed by atoms with Crippen LogP contribution in [0.4, 0.5) is 0 Å². The fourth-order valence-electron chi connectivity index (χ4n) is 7.99. The van der Waals surface area contributed by atoms with Crippen molar-refractivity contribution >= 4 is 43.5 Å². The van der Waals surface area contributed by atoms with E-state index in [1.54, 1.807) is 46.4 Å². The molecule has 1 unspecified atom stereocenters. The van der Waals surface area contributed by atoms with Crippen LogP contribution in [0.5, 0.6) is 5.75 Å². The van der Waals surface area contributed by atoms with E-state index in [9.17, 15) is 48.4 Å². The van der Waals surface area contributed by atoms with Crippen LogP contribution < -0.4 is 15.2 Å². The Morgan fingerprint density at radius 3 is 1.59 bits per heavy atom. The monoisotopic (exact) mass is 920 g/mol. The summed E-state index contributed by atoms with van der Waals surface area (Å²) < 4.78 is 24.0. The van der Waals surface area contributed by atoms with Crippen LogP contribution in [0, 0.1) is 40.5 Å². The number of phosphoric ester groups is 1. The SMILES string of the molecule is Cc1cc(C)c(-c2cc(C)c(OP(=O)(O)OCCC[C@H](C(=O)O)N3CCN(CC(=O)NCC(=O)O)CCN([C@@H](C(=O)O)C(C)C)CCN(CC(=O)NCC(=O)O)CC3)cc2C)c(C)c1. The molecule has 21 heteroatoms. The van der Waals surface area contributed by atoms with Gasteiger partial charge in [0.1, 0.15) is 30.9 Å². The molecule has 356 valence electrons. The largest absolute Gasteiger partial charge is 0.527 e. The number of nitrogens with one attached hydrogen (secondary N) is 2. The highest BCUT2D eigenvalue weighted by molar-refractivity contribution is 7.47. The molecule has 1 aliphatic rings. The Labute approximate surface area is 374 Å². The molecule has 0 aromatic heterocycles. The van der Waals surface area contributed by atoms with Gasteiger partial charge in [-0.25, -0.2) is 4.57 Å². The Kier molecular flexibility index (Phi) is 20.8. The molecule has 0 spiro atoms. The minimum atomic E-state index is -4.68. The van der Waals surface area contributed by atoms with E-state index in [2.05, 4.69) is 22.8 Å². The van der Waals surface area contributed by atoms with Gasteiger partial charge in [-0.05, 0) is 98.9 Å². The van der Waals surface area contributed by atoms with Gasteiger partial charge in [-0.1, -0.05) is 31.5 Å². The minimum Gasteiger partial charge on any atom is -0.480 e. The lowest BCUT2D eigenvalue weighted by Crippen LogP contribution is -2.55. The van der Waals surface area contributed by atoms with E-state index in [-0.39, 0.29) is 96.6 Å². The number of carbonyl (C=O) groups excluding carboxylic acids is 2. The predicted molar refractivity (Wildman–Crippen MR) is 236 cm³/mol. The first kappa shape index (κ1) is 53.4. The fourth-order valence-corrected chi connectivity index (χ4v) is 8.85. The second-order valence-corrected chi connectivity index (χ2v) is 18.0. The van der Waals surface area contributed by atoms with E-state index in [0.29, 0.717) is 5.56 Å². The normalized spacial score (nSPS) is 17.0. The third-order valence-electron chi connectivity index (χ3n) is 11.0. The number of carboxylic acid groups (broad SMARTS) is 4. The summed E-state index contributed by atoms with van der Waals surface area (Å²) >= 11 is 0. The van der Waals surface area contributed by atoms with E-state index in [1.165, 1.54) is 0 Å². The van der Waals surface area contributed by atoms with Gasteiger partial charge in [0.2, 0.25) is 11.8 Å². The van der Waals surface area contributed by atoms with Crippen LogP contribution in [0.2, 0.25) is 0 Å². The van der Waals surface area contributed by atoms with Crippen LogP contribution in [-0.4, -0.2) is 178 Å². The number of amides is 2. The molecular formula is C43H65N6O14P. The molecule has 64 heavy (non-hydrogen) atoms. The zero-order valence-electron chi connectivity index (χ0n) is 37.8. The van der Waals surface area contributed by atoms with Crippen LogP contribution in [-0.2, 0) is 37.9 Å². The van der Waals surface area contributed by atoms with Gasteiger partial charge in [-0.3, -0.25) is 57.8 Å². The van der Waals surface area contributed by atoms with E-state index in [4.69, 9.17) is 19.3 Å². The Balaban J connectivity index is 1.83. The smallest absolute Gasteiger partial charge is 0.480 e. The van der Waals surface area contributed by atoms with Crippen molar-refractivity contribution in [2.75, 3.05) is 85.1 Å². The standard InChI is InChI=1S/C43H65N6O14P/c1-27(2)41(43(58)59)49-16-12-46(25-36(50)44-23-38(52)53)10-14-48(15-11-47(13-17-49)26-37(51)45-24-39(54)55)34(42(56)57)9-8-18-62-64(60,61)63-35-22-29(4)33(21-30(35)5)40-31(6)19-28(3)20-32(40)7/h19-22,27,34,41H,8-18,23-26H2,1-7H3,(H,44,50)(H,45,51)(H,52,53)(H,54,55)(H,56,57)(H,58,59)(H,60,61)/t34-,41-/m1/s1. The lowest BCUT2D eigenvalue weighted by Gasteiger charge is -2.38. The lowest BCUT2D eigenvalue weighted by atomic mass is 9.90. The zero-order valence-corrected chi connectivity index (χ0v) is 38.7. The van der Waals surface area contributed by atoms with Gasteiger partial charge in [0.05, 0.1) is 19.7 Å². The molecule has 1 saturated heterocycles. The molecule has 0 saturated carbocycles. The van der Waals surface area contributed by atoms with Crippen LogP contribution in [0.25, 0.3) is 11.1 Å². The number of nitrogens with zero attached hydrogens (tertiary/aromatic N) is 4. The molecule has 0 radical (unpaired) electrons. The quantitative estimate of drug-likeness (QED) is 0.0699. The minimum absolute atomic E-state index is 0.00760. The van der Waals surface area contributed by atoms with Crippen LogP contribution in [0.3, 0.4) is 0 Å². The number of aliphatic carboxylic acids is 4. The number of rotatable bonds is 21. The number of benzene rings is 2. The van der Waals surface area contributed by atoms with Crippen LogP contribution in [0.1, 0.15) is 54.5 Å². The summed E-state index contributed by atoms with van der Waals surface area (Å²) in [6.45, 7) is 11.9. The van der Waals surface area contributed by atoms with Gasteiger partial charge < -0.3 is 35.6 Å². The summed E-state index contributed by atoms with van der Waals surface area (Å²) in [6.07, 6.45) is -0.0499. The van der Waals surface area contributed by atoms with Crippen molar-refractivity contribution in [1.29, 1.82) is 0 Å². The van der Waals surface area contributed by atoms with Gasteiger partial charge in [-0.15, -0.1) is 0 Å². The number of aryl methyl sites for hydroxylation is 5. The van der Waals surface area contributed by atoms with Crippen molar-refractivity contribution in [3.63, 3.8) is 0 Å². The molecule has 0 aliphatic carbocycles. The molecule has 2 aromatic rings. The van der Waals surface area contributed by atoms with Crippen molar-refractivity contribution in [3.8, 4) is 16.9 Å². The number of carboxylic acids is 4. The summed E-state index contributed by atoms with van der Waals surface area (Å²) in [5, 5.41) is 43.5. The highest BCUT2D eigenvalue weighted by Gasteiger charge is 2.32. The Morgan fingerprint density at radius 1 is 0.672 bits per heavy atom. The predicted octanol–water partition coefficient (Wildman–Crippen LogP) is 2.36. The first-order chi connectivity index (χ1) is 30.0. The van der Waals surface area contributed by atoms with Gasteiger partial charge >= 0.3 is 31.7 Å². The Hall–Kier alpha value is -4.95. The molecule has 2 amide bonds. The maximum Gasteiger partial charge on any atom is 0.527 e. The van der Waals surface area contributed by atoms with Crippen LogP contribution in [0.15, 0.2) is 24.3 Å². The highest BCUT2D eigenvalue weighted by Crippen LogP contribution is 2.46. The lowest BCUT2D eigenvalue weighted by molar-refractivity contribution is -0.145. The molecule has 3 atom stereocenters. The maximum absolute atomic E-state index is 13.2. The highest BCUT2D eigenvalue weighted by atomic mass is 31.2. The van der Waals surface area contributed by atoms with E-state index in [0.717, 1.165) is 33.4 Å². The molecule has 0 bridgehead atoms. The summed E-state index contributed by atoms with van der Waals surface area (Å²) in [4.78, 5) is 90.7. The topological polar surface area (TPSA) is 276 Å². The molecule has 1 fully saturated rings. The number of hydrogen-bond donors (Lipinski definition) is 7. The Bertz CT molecular complexity index is 1960. The second kappa shape index (κ2) is 24.9. The van der Waals surface area contributed by atoms with Gasteiger partial charge in [0, 0.05) is 52.4 Å². The number of hydrogen-bond acceptors (Lipinski definition) is 13. The average molecular weight is 921 g/mol. The average Bonchev–Trinajstić information content (AvgIpc) is 3.17. The summed E-state index contributed by atoms with van der Waals surface area (Å²) in [5.74, 6) is -6.19. The van der Waals surface area contributed by atoms with Gasteiger partial charge in [0.15, 0.2) is 0 Å². The van der Waals surface area contributed by atoms with Gasteiger partial charge in [-0.2, -0.15) is 0 Å². The summed E-state index contributed by atoms with van der Waals surface area (Å²) in [6, 6.07) is 5.63. The van der Waals surface area contributed by atoms with Gasteiger partial charge in [0.25, 0.3) is 0 Å². The van der Waals surface area contributed by atoms with Crippen molar-refractivity contribution in [2.45, 2.75) is 73.4 Å². The first-order valence-electron chi connectivity index (χ1n) is 21.2. The molecule has 20 nitrogen and oxygen atoms in total. The molecule has 1 heterocycles. The molecule has 2 aromatic carbocycles. The summed E-state index contributed by atoms with van der Waals surface area (Å²) in [5.41, 5.74) is 6.78. The molecule has 1 aliphatic heterocycles. The third kappa shape index (κ3) is 17.2. The Morgan fingerprint density at radius 2 is 1.16 bits per heavy atom. The maximum atomic E-state index is 13.2. The zero-order chi connectivity index (χ0) is 47.9. The van der Waals surface area contributed by atoms with Crippen molar-refractivity contribution in [3.05, 3.63) is 52.1 Å². The van der Waals surface area contributed by atoms with E-state index >= 15 is 0 Å². The van der Waals surface area contributed by atoms with E-state index < -0.39 is 68.7 Å².